The second kappa shape index (κ2) is 4.72. The Morgan fingerprint density at radius 2 is 2.11 bits per heavy atom. The summed E-state index contributed by atoms with van der Waals surface area (Å²) in [7, 11) is 2.00. The second-order valence-electron chi connectivity index (χ2n) is 4.68. The molecular formula is C15H16N4. The third-order valence-electron chi connectivity index (χ3n) is 3.24. The van der Waals surface area contributed by atoms with Gasteiger partial charge in [-0.05, 0) is 19.1 Å². The predicted octanol–water partition coefficient (Wildman–Crippen LogP) is 2.89. The first kappa shape index (κ1) is 11.7. The molecule has 2 heterocycles. The maximum Gasteiger partial charge on any atom is 0.0946 e. The van der Waals surface area contributed by atoms with Crippen LogP contribution in [0.25, 0.3) is 10.9 Å². The molecule has 19 heavy (non-hydrogen) atoms. The van der Waals surface area contributed by atoms with Crippen molar-refractivity contribution >= 4 is 16.6 Å². The van der Waals surface area contributed by atoms with E-state index in [9.17, 15) is 0 Å². The molecule has 0 aliphatic rings. The predicted molar refractivity (Wildman–Crippen MR) is 77.0 cm³/mol. The van der Waals surface area contributed by atoms with Crippen molar-refractivity contribution in [3.05, 3.63) is 54.2 Å². The van der Waals surface area contributed by atoms with Crippen molar-refractivity contribution in [2.45, 2.75) is 13.5 Å². The minimum Gasteiger partial charge on any atom is -0.378 e. The maximum atomic E-state index is 4.61. The smallest absolute Gasteiger partial charge is 0.0946 e. The molecule has 0 atom stereocenters. The molecule has 96 valence electrons. The number of fused-ring (bicyclic) bond motifs is 1. The van der Waals surface area contributed by atoms with Crippen molar-refractivity contribution in [2.75, 3.05) is 5.32 Å². The van der Waals surface area contributed by atoms with Crippen molar-refractivity contribution in [2.24, 2.45) is 7.05 Å². The SMILES string of the molecule is Cc1ccc2cccc(NCc3cncn3C)c2n1. The molecule has 3 aromatic rings. The molecule has 0 radical (unpaired) electrons. The number of aromatic nitrogens is 3. The van der Waals surface area contributed by atoms with E-state index in [1.165, 1.54) is 0 Å². The van der Waals surface area contributed by atoms with E-state index in [1.54, 1.807) is 0 Å². The largest absolute Gasteiger partial charge is 0.378 e. The highest BCUT2D eigenvalue weighted by atomic mass is 15.0. The van der Waals surface area contributed by atoms with Gasteiger partial charge in [0.2, 0.25) is 0 Å². The normalized spacial score (nSPS) is 10.8. The molecule has 3 rings (SSSR count). The summed E-state index contributed by atoms with van der Waals surface area (Å²) in [4.78, 5) is 8.73. The van der Waals surface area contributed by atoms with Gasteiger partial charge in [0.15, 0.2) is 0 Å². The molecule has 0 fully saturated rings. The van der Waals surface area contributed by atoms with Gasteiger partial charge in [-0.1, -0.05) is 18.2 Å². The van der Waals surface area contributed by atoms with Crippen molar-refractivity contribution < 1.29 is 0 Å². The van der Waals surface area contributed by atoms with Gasteiger partial charge in [-0.25, -0.2) is 4.98 Å². The lowest BCUT2D eigenvalue weighted by Gasteiger charge is -2.10. The van der Waals surface area contributed by atoms with Crippen LogP contribution in [0.1, 0.15) is 11.4 Å². The molecule has 0 spiro atoms. The molecule has 0 bridgehead atoms. The summed E-state index contributed by atoms with van der Waals surface area (Å²) < 4.78 is 2.01. The van der Waals surface area contributed by atoms with Crippen LogP contribution < -0.4 is 5.32 Å². The zero-order chi connectivity index (χ0) is 13.2. The maximum absolute atomic E-state index is 4.61. The lowest BCUT2D eigenvalue weighted by atomic mass is 10.1. The number of hydrogen-bond donors (Lipinski definition) is 1. The number of hydrogen-bond acceptors (Lipinski definition) is 3. The Morgan fingerprint density at radius 1 is 1.21 bits per heavy atom. The Kier molecular flexibility index (Phi) is 2.91. The third kappa shape index (κ3) is 2.29. The van der Waals surface area contributed by atoms with Crippen LogP contribution in [0.2, 0.25) is 0 Å². The Morgan fingerprint density at radius 3 is 2.89 bits per heavy atom. The highest BCUT2D eigenvalue weighted by Crippen LogP contribution is 2.22. The van der Waals surface area contributed by atoms with Gasteiger partial charge in [0.25, 0.3) is 0 Å². The molecule has 0 amide bonds. The van der Waals surface area contributed by atoms with Crippen LogP contribution in [0.15, 0.2) is 42.9 Å². The summed E-state index contributed by atoms with van der Waals surface area (Å²) in [5.74, 6) is 0. The lowest BCUT2D eigenvalue weighted by molar-refractivity contribution is 0.838. The third-order valence-corrected chi connectivity index (χ3v) is 3.24. The molecule has 0 unspecified atom stereocenters. The van der Waals surface area contributed by atoms with Crippen molar-refractivity contribution in [1.29, 1.82) is 0 Å². The van der Waals surface area contributed by atoms with Crippen LogP contribution in [-0.4, -0.2) is 14.5 Å². The fraction of sp³-hybridized carbons (Fsp3) is 0.200. The monoisotopic (exact) mass is 252 g/mol. The summed E-state index contributed by atoms with van der Waals surface area (Å²) in [6.45, 7) is 2.75. The van der Waals surface area contributed by atoms with E-state index in [0.29, 0.717) is 0 Å². The van der Waals surface area contributed by atoms with Gasteiger partial charge in [-0.2, -0.15) is 0 Å². The number of benzene rings is 1. The summed E-state index contributed by atoms with van der Waals surface area (Å²) in [5.41, 5.74) is 4.25. The molecule has 0 saturated heterocycles. The Balaban J connectivity index is 1.92. The highest BCUT2D eigenvalue weighted by molar-refractivity contribution is 5.90. The summed E-state index contributed by atoms with van der Waals surface area (Å²) in [6.07, 6.45) is 3.68. The topological polar surface area (TPSA) is 42.7 Å². The van der Waals surface area contributed by atoms with E-state index in [1.807, 2.05) is 43.2 Å². The molecule has 1 N–H and O–H groups in total. The van der Waals surface area contributed by atoms with Gasteiger partial charge in [0, 0.05) is 24.3 Å². The summed E-state index contributed by atoms with van der Waals surface area (Å²) in [5, 5.41) is 4.59. The van der Waals surface area contributed by atoms with Crippen LogP contribution in [0, 0.1) is 6.92 Å². The van der Waals surface area contributed by atoms with E-state index in [4.69, 9.17) is 0 Å². The molecule has 0 aliphatic carbocycles. The molecule has 2 aromatic heterocycles. The Bertz CT molecular complexity index is 715. The standard InChI is InChI=1S/C15H16N4/c1-11-6-7-12-4-3-5-14(15(12)18-11)17-9-13-8-16-10-19(13)2/h3-8,10,17H,9H2,1-2H3. The number of imidazole rings is 1. The van der Waals surface area contributed by atoms with Crippen LogP contribution in [0.5, 0.6) is 0 Å². The van der Waals surface area contributed by atoms with Gasteiger partial charge < -0.3 is 9.88 Å². The van der Waals surface area contributed by atoms with Crippen LogP contribution in [-0.2, 0) is 13.6 Å². The first-order chi connectivity index (χ1) is 9.24. The number of pyridine rings is 1. The molecule has 1 aromatic carbocycles. The summed E-state index contributed by atoms with van der Waals surface area (Å²) in [6, 6.07) is 10.3. The van der Waals surface area contributed by atoms with Gasteiger partial charge in [-0.15, -0.1) is 0 Å². The van der Waals surface area contributed by atoms with Gasteiger partial charge in [-0.3, -0.25) is 4.98 Å². The average molecular weight is 252 g/mol. The Hall–Kier alpha value is -2.36. The molecular weight excluding hydrogens is 236 g/mol. The van der Waals surface area contributed by atoms with E-state index < -0.39 is 0 Å². The molecule has 0 aliphatic heterocycles. The minimum atomic E-state index is 0.741. The van der Waals surface area contributed by atoms with E-state index in [-0.39, 0.29) is 0 Å². The zero-order valence-corrected chi connectivity index (χ0v) is 11.1. The number of aryl methyl sites for hydroxylation is 2. The van der Waals surface area contributed by atoms with Gasteiger partial charge >= 0.3 is 0 Å². The zero-order valence-electron chi connectivity index (χ0n) is 11.1. The first-order valence-electron chi connectivity index (χ1n) is 6.29. The van der Waals surface area contributed by atoms with Crippen molar-refractivity contribution in [3.8, 4) is 0 Å². The van der Waals surface area contributed by atoms with E-state index in [2.05, 4.69) is 33.5 Å². The molecule has 4 nitrogen and oxygen atoms in total. The average Bonchev–Trinajstić information content (AvgIpc) is 2.82. The lowest BCUT2D eigenvalue weighted by Crippen LogP contribution is -2.04. The van der Waals surface area contributed by atoms with E-state index >= 15 is 0 Å². The second-order valence-corrected chi connectivity index (χ2v) is 4.68. The number of anilines is 1. The van der Waals surface area contributed by atoms with E-state index in [0.717, 1.165) is 34.5 Å². The molecule has 4 heteroatoms. The van der Waals surface area contributed by atoms with Crippen LogP contribution >= 0.6 is 0 Å². The number of para-hydroxylation sites is 1. The number of rotatable bonds is 3. The summed E-state index contributed by atoms with van der Waals surface area (Å²) >= 11 is 0. The fourth-order valence-corrected chi connectivity index (χ4v) is 2.13. The van der Waals surface area contributed by atoms with Gasteiger partial charge in [0.1, 0.15) is 0 Å². The quantitative estimate of drug-likeness (QED) is 0.779. The van der Waals surface area contributed by atoms with Crippen molar-refractivity contribution in [1.82, 2.24) is 14.5 Å². The number of nitrogens with zero attached hydrogens (tertiary/aromatic N) is 3. The van der Waals surface area contributed by atoms with Crippen LogP contribution in [0.4, 0.5) is 5.69 Å². The number of nitrogens with one attached hydrogen (secondary N) is 1. The first-order valence-corrected chi connectivity index (χ1v) is 6.29. The van der Waals surface area contributed by atoms with Gasteiger partial charge in [0.05, 0.1) is 29.8 Å². The highest BCUT2D eigenvalue weighted by Gasteiger charge is 2.04. The molecule has 0 saturated carbocycles. The van der Waals surface area contributed by atoms with Crippen molar-refractivity contribution in [3.63, 3.8) is 0 Å². The fourth-order valence-electron chi connectivity index (χ4n) is 2.13. The Labute approximate surface area is 112 Å². The minimum absolute atomic E-state index is 0.741. The van der Waals surface area contributed by atoms with Crippen LogP contribution in [0.3, 0.4) is 0 Å².